The number of alkyl halides is 1. The van der Waals surface area contributed by atoms with E-state index in [4.69, 9.17) is 22.1 Å². The molecule has 1 unspecified atom stereocenters. The number of rotatable bonds is 3. The van der Waals surface area contributed by atoms with Gasteiger partial charge in [0.25, 0.3) is 0 Å². The molecule has 0 radical (unpaired) electrons. The lowest BCUT2D eigenvalue weighted by molar-refractivity contribution is 0.0989. The van der Waals surface area contributed by atoms with Gasteiger partial charge in [-0.3, -0.25) is 4.79 Å². The SMILES string of the molecule is COc1ccc(N)cc1C(=O)C(C)Cl. The van der Waals surface area contributed by atoms with E-state index in [2.05, 4.69) is 0 Å². The van der Waals surface area contributed by atoms with Crippen LogP contribution in [0.5, 0.6) is 5.75 Å². The van der Waals surface area contributed by atoms with Crippen molar-refractivity contribution in [2.75, 3.05) is 12.8 Å². The van der Waals surface area contributed by atoms with E-state index in [-0.39, 0.29) is 5.78 Å². The molecule has 1 aromatic rings. The third kappa shape index (κ3) is 2.17. The molecule has 14 heavy (non-hydrogen) atoms. The van der Waals surface area contributed by atoms with Gasteiger partial charge < -0.3 is 10.5 Å². The van der Waals surface area contributed by atoms with Crippen LogP contribution < -0.4 is 10.5 Å². The third-order valence-electron chi connectivity index (χ3n) is 1.85. The molecule has 0 aliphatic heterocycles. The number of hydrogen-bond donors (Lipinski definition) is 1. The zero-order valence-corrected chi connectivity index (χ0v) is 8.84. The second-order valence-corrected chi connectivity index (χ2v) is 3.59. The van der Waals surface area contributed by atoms with Crippen molar-refractivity contribution in [3.63, 3.8) is 0 Å². The number of hydrogen-bond acceptors (Lipinski definition) is 3. The number of carbonyl (C=O) groups is 1. The zero-order valence-electron chi connectivity index (χ0n) is 8.08. The Hall–Kier alpha value is -1.22. The van der Waals surface area contributed by atoms with Gasteiger partial charge in [0.2, 0.25) is 0 Å². The Morgan fingerprint density at radius 1 is 1.57 bits per heavy atom. The van der Waals surface area contributed by atoms with Crippen LogP contribution in [0.1, 0.15) is 17.3 Å². The number of nitrogen functional groups attached to an aromatic ring is 1. The molecule has 4 heteroatoms. The van der Waals surface area contributed by atoms with Crippen molar-refractivity contribution < 1.29 is 9.53 Å². The molecular weight excluding hydrogens is 202 g/mol. The molecule has 0 bridgehead atoms. The average Bonchev–Trinajstić information content (AvgIpc) is 2.16. The van der Waals surface area contributed by atoms with Gasteiger partial charge in [0, 0.05) is 5.69 Å². The first-order valence-electron chi connectivity index (χ1n) is 4.18. The second kappa shape index (κ2) is 4.33. The lowest BCUT2D eigenvalue weighted by Crippen LogP contribution is -2.12. The number of methoxy groups -OCH3 is 1. The highest BCUT2D eigenvalue weighted by Gasteiger charge is 2.17. The molecule has 2 N–H and O–H groups in total. The van der Waals surface area contributed by atoms with E-state index in [1.807, 2.05) is 0 Å². The van der Waals surface area contributed by atoms with Crippen molar-refractivity contribution >= 4 is 23.1 Å². The van der Waals surface area contributed by atoms with Crippen LogP contribution in [-0.2, 0) is 0 Å². The first-order valence-corrected chi connectivity index (χ1v) is 4.61. The standard InChI is InChI=1S/C10H12ClNO2/c1-6(11)10(13)8-5-7(12)3-4-9(8)14-2/h3-6H,12H2,1-2H3. The van der Waals surface area contributed by atoms with Gasteiger partial charge in [-0.05, 0) is 25.1 Å². The molecule has 1 atom stereocenters. The van der Waals surface area contributed by atoms with E-state index >= 15 is 0 Å². The lowest BCUT2D eigenvalue weighted by Gasteiger charge is -2.09. The van der Waals surface area contributed by atoms with Crippen molar-refractivity contribution in [1.82, 2.24) is 0 Å². The van der Waals surface area contributed by atoms with Gasteiger partial charge >= 0.3 is 0 Å². The molecule has 0 heterocycles. The number of ether oxygens (including phenoxy) is 1. The largest absolute Gasteiger partial charge is 0.496 e. The predicted octanol–water partition coefficient (Wildman–Crippen LogP) is 2.09. The molecule has 3 nitrogen and oxygen atoms in total. The summed E-state index contributed by atoms with van der Waals surface area (Å²) in [6, 6.07) is 4.90. The highest BCUT2D eigenvalue weighted by Crippen LogP contribution is 2.23. The maximum atomic E-state index is 11.6. The summed E-state index contributed by atoms with van der Waals surface area (Å²) in [5, 5.41) is -0.578. The van der Waals surface area contributed by atoms with Gasteiger partial charge in [-0.25, -0.2) is 0 Å². The minimum Gasteiger partial charge on any atom is -0.496 e. The molecule has 0 saturated heterocycles. The minimum atomic E-state index is -0.578. The number of anilines is 1. The Morgan fingerprint density at radius 3 is 2.71 bits per heavy atom. The Kier molecular flexibility index (Phi) is 3.36. The summed E-state index contributed by atoms with van der Waals surface area (Å²) in [6.45, 7) is 1.62. The lowest BCUT2D eigenvalue weighted by atomic mass is 10.1. The van der Waals surface area contributed by atoms with Crippen molar-refractivity contribution in [3.8, 4) is 5.75 Å². The molecule has 0 aromatic heterocycles. The van der Waals surface area contributed by atoms with Crippen LogP contribution >= 0.6 is 11.6 Å². The zero-order chi connectivity index (χ0) is 10.7. The maximum absolute atomic E-state index is 11.6. The summed E-state index contributed by atoms with van der Waals surface area (Å²) < 4.78 is 5.04. The maximum Gasteiger partial charge on any atom is 0.184 e. The van der Waals surface area contributed by atoms with Crippen molar-refractivity contribution in [3.05, 3.63) is 23.8 Å². The second-order valence-electron chi connectivity index (χ2n) is 2.94. The summed E-state index contributed by atoms with van der Waals surface area (Å²) >= 11 is 5.70. The number of nitrogens with two attached hydrogens (primary N) is 1. The highest BCUT2D eigenvalue weighted by atomic mass is 35.5. The summed E-state index contributed by atoms with van der Waals surface area (Å²) in [6.07, 6.45) is 0. The summed E-state index contributed by atoms with van der Waals surface area (Å²) in [7, 11) is 1.50. The number of carbonyl (C=O) groups excluding carboxylic acids is 1. The van der Waals surface area contributed by atoms with E-state index in [1.165, 1.54) is 7.11 Å². The third-order valence-corrected chi connectivity index (χ3v) is 2.05. The first kappa shape index (κ1) is 10.9. The van der Waals surface area contributed by atoms with Gasteiger partial charge in [-0.2, -0.15) is 0 Å². The Morgan fingerprint density at radius 2 is 2.21 bits per heavy atom. The van der Waals surface area contributed by atoms with Gasteiger partial charge in [0.1, 0.15) is 5.75 Å². The molecule has 0 fully saturated rings. The highest BCUT2D eigenvalue weighted by molar-refractivity contribution is 6.34. The molecular formula is C10H12ClNO2. The van der Waals surface area contributed by atoms with Crippen LogP contribution in [0.4, 0.5) is 5.69 Å². The van der Waals surface area contributed by atoms with E-state index in [9.17, 15) is 4.79 Å². The van der Waals surface area contributed by atoms with E-state index < -0.39 is 5.38 Å². The van der Waals surface area contributed by atoms with Gasteiger partial charge in [0.15, 0.2) is 5.78 Å². The Labute approximate surface area is 87.8 Å². The number of Topliss-reactive ketones (excluding diaryl/α,β-unsaturated/α-hetero) is 1. The number of halogens is 1. The van der Waals surface area contributed by atoms with Gasteiger partial charge in [-0.1, -0.05) is 0 Å². The normalized spacial score (nSPS) is 12.2. The summed E-state index contributed by atoms with van der Waals surface area (Å²) in [5.74, 6) is 0.313. The molecule has 0 aliphatic carbocycles. The van der Waals surface area contributed by atoms with Gasteiger partial charge in [-0.15, -0.1) is 11.6 Å². The Bertz CT molecular complexity index is 350. The molecule has 76 valence electrons. The molecule has 0 amide bonds. The van der Waals surface area contributed by atoms with Crippen LogP contribution in [0, 0.1) is 0 Å². The number of ketones is 1. The van der Waals surface area contributed by atoms with E-state index in [0.29, 0.717) is 17.0 Å². The molecule has 0 spiro atoms. The number of benzene rings is 1. The first-order chi connectivity index (χ1) is 6.56. The molecule has 0 saturated carbocycles. The van der Waals surface area contributed by atoms with Crippen LogP contribution in [0.2, 0.25) is 0 Å². The van der Waals surface area contributed by atoms with Crippen LogP contribution in [0.15, 0.2) is 18.2 Å². The van der Waals surface area contributed by atoms with Crippen molar-refractivity contribution in [2.45, 2.75) is 12.3 Å². The van der Waals surface area contributed by atoms with Crippen LogP contribution in [-0.4, -0.2) is 18.3 Å². The average molecular weight is 214 g/mol. The van der Waals surface area contributed by atoms with Crippen LogP contribution in [0.25, 0.3) is 0 Å². The fourth-order valence-corrected chi connectivity index (χ4v) is 1.25. The molecule has 1 rings (SSSR count). The van der Waals surface area contributed by atoms with Crippen molar-refractivity contribution in [2.24, 2.45) is 0 Å². The van der Waals surface area contributed by atoms with E-state index in [1.54, 1.807) is 25.1 Å². The predicted molar refractivity (Wildman–Crippen MR) is 57.1 cm³/mol. The molecule has 1 aromatic carbocycles. The van der Waals surface area contributed by atoms with Gasteiger partial charge in [0.05, 0.1) is 18.1 Å². The fourth-order valence-electron chi connectivity index (χ4n) is 1.13. The minimum absolute atomic E-state index is 0.184. The van der Waals surface area contributed by atoms with E-state index in [0.717, 1.165) is 0 Å². The smallest absolute Gasteiger partial charge is 0.184 e. The summed E-state index contributed by atoms with van der Waals surface area (Å²) in [4.78, 5) is 11.6. The van der Waals surface area contributed by atoms with Crippen LogP contribution in [0.3, 0.4) is 0 Å². The Balaban J connectivity index is 3.17. The topological polar surface area (TPSA) is 52.3 Å². The summed E-state index contributed by atoms with van der Waals surface area (Å²) in [5.41, 5.74) is 6.52. The monoisotopic (exact) mass is 213 g/mol. The quantitative estimate of drug-likeness (QED) is 0.475. The van der Waals surface area contributed by atoms with Crippen molar-refractivity contribution in [1.29, 1.82) is 0 Å². The fraction of sp³-hybridized carbons (Fsp3) is 0.300. The molecule has 0 aliphatic rings.